The molecule has 2 rings (SSSR count). The number of guanidine groups is 1. The molecule has 142 valence electrons. The fourth-order valence-corrected chi connectivity index (χ4v) is 3.18. The highest BCUT2D eigenvalue weighted by molar-refractivity contribution is 7.10. The molecule has 5 nitrogen and oxygen atoms in total. The Morgan fingerprint density at radius 1 is 1.15 bits per heavy atom. The molecule has 0 fully saturated rings. The summed E-state index contributed by atoms with van der Waals surface area (Å²) in [5, 5.41) is 8.76. The molecule has 1 aromatic heterocycles. The minimum absolute atomic E-state index is 0.621. The zero-order valence-electron chi connectivity index (χ0n) is 15.9. The largest absolute Gasteiger partial charge is 0.497 e. The Kier molecular flexibility index (Phi) is 9.00. The molecule has 6 heteroatoms. The van der Waals surface area contributed by atoms with Gasteiger partial charge in [-0.3, -0.25) is 0 Å². The third-order valence-corrected chi connectivity index (χ3v) is 4.89. The predicted molar refractivity (Wildman–Crippen MR) is 109 cm³/mol. The number of aryl methyl sites for hydroxylation is 1. The quantitative estimate of drug-likeness (QED) is 0.377. The zero-order chi connectivity index (χ0) is 18.6. The van der Waals surface area contributed by atoms with Crippen LogP contribution in [0.15, 0.2) is 40.7 Å². The summed E-state index contributed by atoms with van der Waals surface area (Å²) in [4.78, 5) is 5.96. The van der Waals surface area contributed by atoms with E-state index < -0.39 is 0 Å². The summed E-state index contributed by atoms with van der Waals surface area (Å²) in [7, 11) is 1.67. The summed E-state index contributed by atoms with van der Waals surface area (Å²) in [6, 6.07) is 10.1. The van der Waals surface area contributed by atoms with Crippen LogP contribution in [0.2, 0.25) is 0 Å². The van der Waals surface area contributed by atoms with Crippen molar-refractivity contribution >= 4 is 17.3 Å². The SMILES string of the molecule is CCNC(=NCc1sccc1C)NCCCOCc1ccc(OC)cc1. The van der Waals surface area contributed by atoms with Crippen molar-refractivity contribution in [2.75, 3.05) is 26.8 Å². The standard InChI is InChI=1S/C20H29N3O2S/c1-4-21-20(23-14-19-16(2)10-13-26-19)22-11-5-12-25-15-17-6-8-18(24-3)9-7-17/h6-10,13H,4-5,11-12,14-15H2,1-3H3,(H2,21,22,23). The fourth-order valence-electron chi connectivity index (χ4n) is 2.35. The molecular weight excluding hydrogens is 346 g/mol. The van der Waals surface area contributed by atoms with Gasteiger partial charge in [0.1, 0.15) is 5.75 Å². The van der Waals surface area contributed by atoms with Gasteiger partial charge in [0.25, 0.3) is 0 Å². The van der Waals surface area contributed by atoms with E-state index in [4.69, 9.17) is 9.47 Å². The number of aliphatic imine (C=N–C) groups is 1. The predicted octanol–water partition coefficient (Wildman–Crippen LogP) is 3.73. The van der Waals surface area contributed by atoms with E-state index in [1.54, 1.807) is 18.4 Å². The van der Waals surface area contributed by atoms with Crippen LogP contribution in [0.25, 0.3) is 0 Å². The van der Waals surface area contributed by atoms with Crippen LogP contribution in [0.1, 0.15) is 29.3 Å². The maximum atomic E-state index is 5.73. The van der Waals surface area contributed by atoms with E-state index in [2.05, 4.69) is 40.9 Å². The average molecular weight is 376 g/mol. The first kappa shape index (κ1) is 20.3. The van der Waals surface area contributed by atoms with Crippen molar-refractivity contribution in [1.29, 1.82) is 0 Å². The summed E-state index contributed by atoms with van der Waals surface area (Å²) in [6.07, 6.45) is 0.929. The van der Waals surface area contributed by atoms with E-state index in [-0.39, 0.29) is 0 Å². The topological polar surface area (TPSA) is 54.9 Å². The molecule has 0 aliphatic carbocycles. The number of thiophene rings is 1. The Labute approximate surface area is 160 Å². The number of benzene rings is 1. The van der Waals surface area contributed by atoms with Crippen LogP contribution in [-0.4, -0.2) is 32.8 Å². The molecule has 0 spiro atoms. The van der Waals surface area contributed by atoms with Crippen LogP contribution < -0.4 is 15.4 Å². The molecule has 0 atom stereocenters. The second-order valence-corrected chi connectivity index (χ2v) is 6.90. The fraction of sp³-hybridized carbons (Fsp3) is 0.450. The van der Waals surface area contributed by atoms with E-state index in [0.29, 0.717) is 19.8 Å². The smallest absolute Gasteiger partial charge is 0.191 e. The van der Waals surface area contributed by atoms with Gasteiger partial charge in [-0.1, -0.05) is 12.1 Å². The number of nitrogens with zero attached hydrogens (tertiary/aromatic N) is 1. The first-order valence-electron chi connectivity index (χ1n) is 8.98. The summed E-state index contributed by atoms with van der Waals surface area (Å²) in [5.41, 5.74) is 2.46. The van der Waals surface area contributed by atoms with Gasteiger partial charge < -0.3 is 20.1 Å². The lowest BCUT2D eigenvalue weighted by Gasteiger charge is -2.11. The van der Waals surface area contributed by atoms with Crippen molar-refractivity contribution in [3.8, 4) is 5.75 Å². The van der Waals surface area contributed by atoms with Crippen molar-refractivity contribution in [3.05, 3.63) is 51.7 Å². The number of rotatable bonds is 10. The van der Waals surface area contributed by atoms with Crippen molar-refractivity contribution in [2.45, 2.75) is 33.4 Å². The van der Waals surface area contributed by atoms with Gasteiger partial charge in [-0.2, -0.15) is 0 Å². The Morgan fingerprint density at radius 3 is 2.62 bits per heavy atom. The van der Waals surface area contributed by atoms with E-state index in [0.717, 1.165) is 36.8 Å². The van der Waals surface area contributed by atoms with Gasteiger partial charge in [0, 0.05) is 24.6 Å². The monoisotopic (exact) mass is 375 g/mol. The van der Waals surface area contributed by atoms with Gasteiger partial charge in [-0.15, -0.1) is 11.3 Å². The molecule has 0 saturated carbocycles. The molecule has 0 unspecified atom stereocenters. The molecule has 0 aliphatic heterocycles. The molecular formula is C20H29N3O2S. The Bertz CT molecular complexity index is 668. The van der Waals surface area contributed by atoms with Gasteiger partial charge in [-0.25, -0.2) is 4.99 Å². The summed E-state index contributed by atoms with van der Waals surface area (Å²) >= 11 is 1.75. The Morgan fingerprint density at radius 2 is 1.96 bits per heavy atom. The van der Waals surface area contributed by atoms with Crippen LogP contribution in [0.4, 0.5) is 0 Å². The minimum atomic E-state index is 0.621. The first-order valence-corrected chi connectivity index (χ1v) is 9.86. The molecule has 2 aromatic rings. The van der Waals surface area contributed by atoms with Crippen LogP contribution >= 0.6 is 11.3 Å². The molecule has 2 N–H and O–H groups in total. The first-order chi connectivity index (χ1) is 12.7. The highest BCUT2D eigenvalue weighted by Gasteiger charge is 2.01. The molecule has 0 amide bonds. The highest BCUT2D eigenvalue weighted by atomic mass is 32.1. The van der Waals surface area contributed by atoms with E-state index in [9.17, 15) is 0 Å². The molecule has 0 radical (unpaired) electrons. The van der Waals surface area contributed by atoms with Crippen LogP contribution in [-0.2, 0) is 17.9 Å². The van der Waals surface area contributed by atoms with E-state index in [1.165, 1.54) is 10.4 Å². The average Bonchev–Trinajstić information content (AvgIpc) is 3.07. The number of hydrogen-bond acceptors (Lipinski definition) is 4. The van der Waals surface area contributed by atoms with Crippen LogP contribution in [0.5, 0.6) is 5.75 Å². The second-order valence-electron chi connectivity index (χ2n) is 5.90. The number of nitrogens with one attached hydrogen (secondary N) is 2. The van der Waals surface area contributed by atoms with Gasteiger partial charge in [0.15, 0.2) is 5.96 Å². The van der Waals surface area contributed by atoms with Crippen molar-refractivity contribution in [1.82, 2.24) is 10.6 Å². The molecule has 0 bridgehead atoms. The third kappa shape index (κ3) is 7.06. The molecule has 1 heterocycles. The zero-order valence-corrected chi connectivity index (χ0v) is 16.7. The summed E-state index contributed by atoms with van der Waals surface area (Å²) in [5.74, 6) is 1.72. The summed E-state index contributed by atoms with van der Waals surface area (Å²) < 4.78 is 10.9. The molecule has 0 saturated heterocycles. The lowest BCUT2D eigenvalue weighted by Crippen LogP contribution is -2.38. The van der Waals surface area contributed by atoms with E-state index >= 15 is 0 Å². The number of ether oxygens (including phenoxy) is 2. The maximum absolute atomic E-state index is 5.73. The normalized spacial score (nSPS) is 11.4. The number of methoxy groups -OCH3 is 1. The summed E-state index contributed by atoms with van der Waals surface area (Å²) in [6.45, 7) is 7.93. The van der Waals surface area contributed by atoms with E-state index in [1.807, 2.05) is 24.3 Å². The Balaban J connectivity index is 1.64. The van der Waals surface area contributed by atoms with Crippen molar-refractivity contribution in [2.24, 2.45) is 4.99 Å². The van der Waals surface area contributed by atoms with Crippen molar-refractivity contribution < 1.29 is 9.47 Å². The molecule has 0 aliphatic rings. The second kappa shape index (κ2) is 11.5. The van der Waals surface area contributed by atoms with Gasteiger partial charge in [-0.05, 0) is 55.0 Å². The van der Waals surface area contributed by atoms with Gasteiger partial charge >= 0.3 is 0 Å². The third-order valence-electron chi connectivity index (χ3n) is 3.88. The van der Waals surface area contributed by atoms with Gasteiger partial charge in [0.2, 0.25) is 0 Å². The van der Waals surface area contributed by atoms with Crippen molar-refractivity contribution in [3.63, 3.8) is 0 Å². The lowest BCUT2D eigenvalue weighted by molar-refractivity contribution is 0.119. The minimum Gasteiger partial charge on any atom is -0.497 e. The number of hydrogen-bond donors (Lipinski definition) is 2. The van der Waals surface area contributed by atoms with Crippen LogP contribution in [0.3, 0.4) is 0 Å². The van der Waals surface area contributed by atoms with Crippen LogP contribution in [0, 0.1) is 6.92 Å². The highest BCUT2D eigenvalue weighted by Crippen LogP contribution is 2.16. The molecule has 1 aromatic carbocycles. The van der Waals surface area contributed by atoms with Gasteiger partial charge in [0.05, 0.1) is 20.3 Å². The maximum Gasteiger partial charge on any atom is 0.191 e. The lowest BCUT2D eigenvalue weighted by atomic mass is 10.2. The Hall–Kier alpha value is -2.05. The molecule has 26 heavy (non-hydrogen) atoms.